The molecule has 0 fully saturated rings. The average molecular weight is 1430 g/mol. The summed E-state index contributed by atoms with van der Waals surface area (Å²) in [5.41, 5.74) is 0. The zero-order valence-corrected chi connectivity index (χ0v) is 64.7. The summed E-state index contributed by atoms with van der Waals surface area (Å²) in [7, 11) is -9.94. The van der Waals surface area contributed by atoms with E-state index in [4.69, 9.17) is 37.0 Å². The Morgan fingerprint density at radius 2 is 0.551 bits per heavy atom. The van der Waals surface area contributed by atoms with E-state index in [2.05, 4.69) is 83.2 Å². The van der Waals surface area contributed by atoms with Crippen molar-refractivity contribution in [1.82, 2.24) is 0 Å². The van der Waals surface area contributed by atoms with Crippen molar-refractivity contribution in [3.63, 3.8) is 0 Å². The molecule has 0 aliphatic rings. The van der Waals surface area contributed by atoms with Crippen molar-refractivity contribution in [3.8, 4) is 0 Å². The zero-order chi connectivity index (χ0) is 71.9. The summed E-state index contributed by atoms with van der Waals surface area (Å²) in [5.74, 6) is -1.45. The van der Waals surface area contributed by atoms with Crippen molar-refractivity contribution in [2.24, 2.45) is 5.92 Å². The lowest BCUT2D eigenvalue weighted by Crippen LogP contribution is -2.30. The number of carbonyl (C=O) groups is 4. The fourth-order valence-corrected chi connectivity index (χ4v) is 12.7. The molecule has 0 aromatic rings. The van der Waals surface area contributed by atoms with Gasteiger partial charge in [0.05, 0.1) is 26.4 Å². The highest BCUT2D eigenvalue weighted by molar-refractivity contribution is 7.47. The van der Waals surface area contributed by atoms with Crippen LogP contribution < -0.4 is 0 Å². The van der Waals surface area contributed by atoms with Gasteiger partial charge in [-0.05, 0) is 83.0 Å². The summed E-state index contributed by atoms with van der Waals surface area (Å²) in [6.45, 7) is 7.14. The SMILES string of the molecule is CCCCCC/C=C\C=C/CCCCCCCC(=O)OC[C@H](COP(=O)(O)OC[C@@H](O)COP(=O)(O)OC[C@@H](COC(=O)CCCCCCCCCCC(C)C)OC(=O)CCCCCCC/C=C\C=C/CCCCCC)OC(=O)CCCCCCCCCCCCCCCCCCC. The van der Waals surface area contributed by atoms with Crippen LogP contribution in [-0.2, 0) is 65.4 Å². The van der Waals surface area contributed by atoms with Crippen LogP contribution in [0.25, 0.3) is 0 Å². The van der Waals surface area contributed by atoms with E-state index in [0.29, 0.717) is 25.7 Å². The normalized spacial score (nSPS) is 14.2. The topological polar surface area (TPSA) is 237 Å². The molecule has 2 unspecified atom stereocenters. The minimum atomic E-state index is -4.97. The van der Waals surface area contributed by atoms with Crippen LogP contribution in [0.5, 0.6) is 0 Å². The maximum atomic E-state index is 13.1. The molecule has 0 spiro atoms. The number of unbranched alkanes of at least 4 members (excludes halogenated alkanes) is 41. The van der Waals surface area contributed by atoms with Crippen molar-refractivity contribution < 1.29 is 80.2 Å². The van der Waals surface area contributed by atoms with Crippen LogP contribution in [0.4, 0.5) is 0 Å². The number of carbonyl (C=O) groups excluding carboxylic acids is 4. The van der Waals surface area contributed by atoms with E-state index < -0.39 is 97.5 Å². The number of phosphoric acid groups is 2. The van der Waals surface area contributed by atoms with Gasteiger partial charge in [0.1, 0.15) is 19.3 Å². The molecule has 17 nitrogen and oxygen atoms in total. The quantitative estimate of drug-likeness (QED) is 0.0169. The summed E-state index contributed by atoms with van der Waals surface area (Å²) in [5, 5.41) is 10.6. The van der Waals surface area contributed by atoms with Gasteiger partial charge in [-0.1, -0.05) is 314 Å². The van der Waals surface area contributed by atoms with Gasteiger partial charge in [-0.2, -0.15) is 0 Å². The number of aliphatic hydroxyl groups excluding tert-OH is 1. The largest absolute Gasteiger partial charge is 0.472 e. The molecular formula is C79H146O17P2. The van der Waals surface area contributed by atoms with E-state index in [1.165, 1.54) is 154 Å². The van der Waals surface area contributed by atoms with E-state index in [0.717, 1.165) is 134 Å². The Labute approximate surface area is 597 Å². The van der Waals surface area contributed by atoms with E-state index in [9.17, 15) is 43.2 Å². The van der Waals surface area contributed by atoms with Gasteiger partial charge in [-0.25, -0.2) is 9.13 Å². The molecule has 0 radical (unpaired) electrons. The molecule has 0 amide bonds. The number of esters is 4. The first-order valence-corrected chi connectivity index (χ1v) is 42.8. The summed E-state index contributed by atoms with van der Waals surface area (Å²) < 4.78 is 68.5. The van der Waals surface area contributed by atoms with Crippen LogP contribution >= 0.6 is 15.6 Å². The van der Waals surface area contributed by atoms with Gasteiger partial charge in [0.15, 0.2) is 12.2 Å². The molecule has 0 saturated carbocycles. The van der Waals surface area contributed by atoms with Crippen LogP contribution in [0.1, 0.15) is 369 Å². The van der Waals surface area contributed by atoms with Crippen LogP contribution in [0.3, 0.4) is 0 Å². The molecule has 0 aliphatic heterocycles. The van der Waals surface area contributed by atoms with Crippen molar-refractivity contribution in [2.45, 2.75) is 387 Å². The Kier molecular flexibility index (Phi) is 68.9. The van der Waals surface area contributed by atoms with Gasteiger partial charge in [-0.15, -0.1) is 0 Å². The number of rotatable bonds is 75. The predicted octanol–water partition coefficient (Wildman–Crippen LogP) is 22.8. The molecule has 0 aromatic carbocycles. The monoisotopic (exact) mass is 1430 g/mol. The Bertz CT molecular complexity index is 2060. The molecule has 0 heterocycles. The van der Waals surface area contributed by atoms with Crippen LogP contribution in [0.15, 0.2) is 48.6 Å². The van der Waals surface area contributed by atoms with Gasteiger partial charge >= 0.3 is 39.5 Å². The average Bonchev–Trinajstić information content (AvgIpc) is 1.03. The lowest BCUT2D eigenvalue weighted by molar-refractivity contribution is -0.161. The molecule has 0 rings (SSSR count). The number of allylic oxidation sites excluding steroid dienone is 8. The molecule has 5 atom stereocenters. The summed E-state index contributed by atoms with van der Waals surface area (Å²) in [6.07, 6.45) is 66.8. The van der Waals surface area contributed by atoms with Crippen molar-refractivity contribution >= 4 is 39.5 Å². The minimum absolute atomic E-state index is 0.0824. The standard InChI is InChI=1S/C79H146O17P2/c1-6-9-12-15-18-21-24-27-30-31-34-37-40-43-50-55-60-65-78(83)95-74(68-89-76(81)62-57-52-47-41-38-35-32-28-25-22-19-16-13-10-7-2)70-93-97(85,86)91-66-73(80)67-92-98(87,88)94-71-75(69-90-77(82)63-58-53-48-45-44-46-51-56-61-72(4)5)96-79(84)64-59-54-49-42-39-36-33-29-26-23-20-17-14-11-8-3/h22-23,25-26,28-29,32-33,72-75,80H,6-21,24,27,30-31,34-71H2,1-5H3,(H,85,86)(H,87,88)/b25-22-,26-23-,32-28-,33-29-/t73-,74-,75-/m1/s1. The molecule has 0 saturated heterocycles. The first-order valence-electron chi connectivity index (χ1n) is 39.8. The Balaban J connectivity index is 5.32. The molecule has 0 aliphatic carbocycles. The Morgan fingerprint density at radius 1 is 0.316 bits per heavy atom. The van der Waals surface area contributed by atoms with Crippen molar-refractivity contribution in [2.75, 3.05) is 39.6 Å². The van der Waals surface area contributed by atoms with Crippen molar-refractivity contribution in [3.05, 3.63) is 48.6 Å². The minimum Gasteiger partial charge on any atom is -0.462 e. The van der Waals surface area contributed by atoms with Gasteiger partial charge < -0.3 is 33.8 Å². The Morgan fingerprint density at radius 3 is 0.837 bits per heavy atom. The van der Waals surface area contributed by atoms with E-state index in [1.54, 1.807) is 0 Å². The summed E-state index contributed by atoms with van der Waals surface area (Å²) in [6, 6.07) is 0. The maximum absolute atomic E-state index is 13.1. The fraction of sp³-hybridized carbons (Fsp3) is 0.848. The van der Waals surface area contributed by atoms with E-state index in [-0.39, 0.29) is 25.7 Å². The summed E-state index contributed by atoms with van der Waals surface area (Å²) in [4.78, 5) is 72.9. The second-order valence-electron chi connectivity index (χ2n) is 27.6. The number of phosphoric ester groups is 2. The van der Waals surface area contributed by atoms with E-state index >= 15 is 0 Å². The van der Waals surface area contributed by atoms with E-state index in [1.807, 2.05) is 0 Å². The van der Waals surface area contributed by atoms with Gasteiger partial charge in [0, 0.05) is 25.7 Å². The molecule has 19 heteroatoms. The Hall–Kier alpha value is -2.98. The second-order valence-corrected chi connectivity index (χ2v) is 30.5. The zero-order valence-electron chi connectivity index (χ0n) is 62.9. The van der Waals surface area contributed by atoms with Crippen molar-refractivity contribution in [1.29, 1.82) is 0 Å². The third-order valence-corrected chi connectivity index (χ3v) is 19.2. The molecule has 98 heavy (non-hydrogen) atoms. The smallest absolute Gasteiger partial charge is 0.462 e. The highest BCUT2D eigenvalue weighted by Gasteiger charge is 2.30. The van der Waals surface area contributed by atoms with Gasteiger partial charge in [-0.3, -0.25) is 37.3 Å². The highest BCUT2D eigenvalue weighted by Crippen LogP contribution is 2.45. The van der Waals surface area contributed by atoms with Gasteiger partial charge in [0.2, 0.25) is 0 Å². The van der Waals surface area contributed by atoms with Gasteiger partial charge in [0.25, 0.3) is 0 Å². The number of hydrogen-bond acceptors (Lipinski definition) is 15. The first-order chi connectivity index (χ1) is 47.5. The third kappa shape index (κ3) is 71.4. The molecule has 0 aromatic heterocycles. The lowest BCUT2D eigenvalue weighted by atomic mass is 10.0. The van der Waals surface area contributed by atoms with Crippen LogP contribution in [0, 0.1) is 5.92 Å². The summed E-state index contributed by atoms with van der Waals surface area (Å²) >= 11 is 0. The maximum Gasteiger partial charge on any atom is 0.472 e. The number of hydrogen-bond donors (Lipinski definition) is 3. The second kappa shape index (κ2) is 71.0. The highest BCUT2D eigenvalue weighted by atomic mass is 31.2. The molecular weight excluding hydrogens is 1280 g/mol. The number of ether oxygens (including phenoxy) is 4. The van der Waals surface area contributed by atoms with Crippen LogP contribution in [0.2, 0.25) is 0 Å². The fourth-order valence-electron chi connectivity index (χ4n) is 11.2. The lowest BCUT2D eigenvalue weighted by Gasteiger charge is -2.21. The predicted molar refractivity (Wildman–Crippen MR) is 400 cm³/mol. The molecule has 3 N–H and O–H groups in total. The van der Waals surface area contributed by atoms with Crippen LogP contribution in [-0.4, -0.2) is 96.7 Å². The molecule has 0 bridgehead atoms. The molecule has 574 valence electrons. The first kappa shape index (κ1) is 95.0. The number of aliphatic hydroxyl groups is 1. The third-order valence-electron chi connectivity index (χ3n) is 17.3.